The molecule has 0 aliphatic rings. The number of hydrogen-bond donors (Lipinski definition) is 1. The highest BCUT2D eigenvalue weighted by atomic mass is 15.2. The van der Waals surface area contributed by atoms with Crippen LogP contribution < -0.4 is 5.73 Å². The van der Waals surface area contributed by atoms with E-state index in [4.69, 9.17) is 5.73 Å². The third-order valence-corrected chi connectivity index (χ3v) is 4.65. The summed E-state index contributed by atoms with van der Waals surface area (Å²) in [6, 6.07) is 11.3. The fourth-order valence-corrected chi connectivity index (χ4v) is 3.06. The minimum Gasteiger partial charge on any atom is -0.329 e. The van der Waals surface area contributed by atoms with E-state index >= 15 is 0 Å². The Labute approximate surface area is 119 Å². The van der Waals surface area contributed by atoms with E-state index in [-0.39, 0.29) is 5.54 Å². The molecule has 0 aromatic heterocycles. The molecule has 1 aromatic carbocycles. The summed E-state index contributed by atoms with van der Waals surface area (Å²) in [6.07, 6.45) is 4.49. The van der Waals surface area contributed by atoms with Crippen LogP contribution in [0.3, 0.4) is 0 Å². The summed E-state index contributed by atoms with van der Waals surface area (Å²) in [5.74, 6) is 0. The van der Waals surface area contributed by atoms with Crippen LogP contribution in [0.4, 0.5) is 0 Å². The summed E-state index contributed by atoms with van der Waals surface area (Å²) in [5, 5.41) is 0. The highest BCUT2D eigenvalue weighted by molar-refractivity contribution is 5.18. The van der Waals surface area contributed by atoms with Crippen LogP contribution in [0, 0.1) is 0 Å². The molecular weight excluding hydrogens is 232 g/mol. The fraction of sp³-hybridized carbons (Fsp3) is 0.647. The van der Waals surface area contributed by atoms with Crippen molar-refractivity contribution in [2.75, 3.05) is 13.6 Å². The number of nitrogens with two attached hydrogens (primary N) is 1. The van der Waals surface area contributed by atoms with Crippen molar-refractivity contribution in [2.45, 2.75) is 58.0 Å². The van der Waals surface area contributed by atoms with Gasteiger partial charge in [0.25, 0.3) is 0 Å². The van der Waals surface area contributed by atoms with Crippen LogP contribution >= 0.6 is 0 Å². The second-order valence-corrected chi connectivity index (χ2v) is 5.53. The zero-order valence-corrected chi connectivity index (χ0v) is 13.0. The van der Waals surface area contributed by atoms with Crippen molar-refractivity contribution in [3.63, 3.8) is 0 Å². The van der Waals surface area contributed by atoms with Crippen molar-refractivity contribution in [1.29, 1.82) is 0 Å². The van der Waals surface area contributed by atoms with Crippen LogP contribution in [0.15, 0.2) is 30.3 Å². The van der Waals surface area contributed by atoms with Gasteiger partial charge in [-0.05, 0) is 38.3 Å². The molecule has 1 aromatic rings. The van der Waals surface area contributed by atoms with Crippen LogP contribution in [-0.4, -0.2) is 30.1 Å². The standard InChI is InChI=1S/C17H30N2/c1-5-16(6-2)19(4)17(7-3,14-18)13-15-11-9-8-10-12-15/h8-12,16H,5-7,13-14,18H2,1-4H3. The Morgan fingerprint density at radius 2 is 1.68 bits per heavy atom. The Hall–Kier alpha value is -0.860. The highest BCUT2D eigenvalue weighted by Crippen LogP contribution is 2.27. The molecule has 2 heteroatoms. The SMILES string of the molecule is CCC(CC)N(C)C(CC)(CN)Cc1ccccc1. The largest absolute Gasteiger partial charge is 0.329 e. The van der Waals surface area contributed by atoms with Gasteiger partial charge in [-0.25, -0.2) is 0 Å². The summed E-state index contributed by atoms with van der Waals surface area (Å²) in [6.45, 7) is 7.51. The number of nitrogens with zero attached hydrogens (tertiary/aromatic N) is 1. The average Bonchev–Trinajstić information content (AvgIpc) is 2.47. The van der Waals surface area contributed by atoms with Crippen molar-refractivity contribution >= 4 is 0 Å². The molecule has 0 bridgehead atoms. The van der Waals surface area contributed by atoms with E-state index in [2.05, 4.69) is 63.1 Å². The highest BCUT2D eigenvalue weighted by Gasteiger charge is 2.34. The third kappa shape index (κ3) is 3.80. The summed E-state index contributed by atoms with van der Waals surface area (Å²) in [5.41, 5.74) is 7.64. The molecule has 19 heavy (non-hydrogen) atoms. The van der Waals surface area contributed by atoms with E-state index in [1.54, 1.807) is 0 Å². The van der Waals surface area contributed by atoms with Crippen LogP contribution in [0.5, 0.6) is 0 Å². The van der Waals surface area contributed by atoms with Crippen LogP contribution in [0.2, 0.25) is 0 Å². The first-order valence-corrected chi connectivity index (χ1v) is 7.60. The Morgan fingerprint density at radius 3 is 2.11 bits per heavy atom. The van der Waals surface area contributed by atoms with E-state index in [1.807, 2.05) is 0 Å². The minimum absolute atomic E-state index is 0.0814. The fourth-order valence-electron chi connectivity index (χ4n) is 3.06. The quantitative estimate of drug-likeness (QED) is 0.777. The van der Waals surface area contributed by atoms with Crippen molar-refractivity contribution in [3.8, 4) is 0 Å². The molecule has 1 rings (SSSR count). The molecule has 108 valence electrons. The van der Waals surface area contributed by atoms with Gasteiger partial charge in [0, 0.05) is 18.1 Å². The molecule has 0 saturated heterocycles. The number of rotatable bonds is 8. The first-order chi connectivity index (χ1) is 9.13. The van der Waals surface area contributed by atoms with E-state index in [1.165, 1.54) is 18.4 Å². The minimum atomic E-state index is 0.0814. The molecule has 0 spiro atoms. The Bertz CT molecular complexity index is 340. The zero-order chi connectivity index (χ0) is 14.3. The topological polar surface area (TPSA) is 29.3 Å². The Morgan fingerprint density at radius 1 is 1.11 bits per heavy atom. The zero-order valence-electron chi connectivity index (χ0n) is 13.0. The number of likely N-dealkylation sites (N-methyl/N-ethyl adjacent to an activating group) is 1. The molecule has 0 amide bonds. The lowest BCUT2D eigenvalue weighted by atomic mass is 9.85. The monoisotopic (exact) mass is 262 g/mol. The van der Waals surface area contributed by atoms with Gasteiger partial charge in [-0.15, -0.1) is 0 Å². The first-order valence-electron chi connectivity index (χ1n) is 7.60. The van der Waals surface area contributed by atoms with Crippen molar-refractivity contribution < 1.29 is 0 Å². The summed E-state index contributed by atoms with van der Waals surface area (Å²) >= 11 is 0. The van der Waals surface area contributed by atoms with Crippen molar-refractivity contribution in [2.24, 2.45) is 5.73 Å². The van der Waals surface area contributed by atoms with Gasteiger partial charge in [0.2, 0.25) is 0 Å². The van der Waals surface area contributed by atoms with Gasteiger partial charge >= 0.3 is 0 Å². The molecular formula is C17H30N2. The van der Waals surface area contributed by atoms with Crippen LogP contribution in [0.1, 0.15) is 45.6 Å². The second kappa shape index (κ2) is 7.66. The van der Waals surface area contributed by atoms with E-state index < -0.39 is 0 Å². The van der Waals surface area contributed by atoms with Crippen molar-refractivity contribution in [3.05, 3.63) is 35.9 Å². The molecule has 0 saturated carbocycles. The van der Waals surface area contributed by atoms with E-state index in [9.17, 15) is 0 Å². The van der Waals surface area contributed by atoms with Gasteiger partial charge in [0.1, 0.15) is 0 Å². The van der Waals surface area contributed by atoms with Gasteiger partial charge in [-0.1, -0.05) is 51.1 Å². The maximum atomic E-state index is 6.17. The number of hydrogen-bond acceptors (Lipinski definition) is 2. The van der Waals surface area contributed by atoms with Gasteiger partial charge in [-0.2, -0.15) is 0 Å². The lowest BCUT2D eigenvalue weighted by Gasteiger charge is -2.45. The second-order valence-electron chi connectivity index (χ2n) is 5.53. The lowest BCUT2D eigenvalue weighted by molar-refractivity contribution is 0.0679. The smallest absolute Gasteiger partial charge is 0.0369 e. The number of benzene rings is 1. The molecule has 2 N–H and O–H groups in total. The maximum absolute atomic E-state index is 6.17. The molecule has 0 radical (unpaired) electrons. The molecule has 0 heterocycles. The Balaban J connectivity index is 2.96. The first kappa shape index (κ1) is 16.2. The molecule has 0 fully saturated rings. The Kier molecular flexibility index (Phi) is 6.53. The summed E-state index contributed by atoms with van der Waals surface area (Å²) < 4.78 is 0. The van der Waals surface area contributed by atoms with Crippen LogP contribution in [-0.2, 0) is 6.42 Å². The predicted molar refractivity (Wildman–Crippen MR) is 84.4 cm³/mol. The molecule has 0 aliphatic heterocycles. The summed E-state index contributed by atoms with van der Waals surface area (Å²) in [4.78, 5) is 2.53. The average molecular weight is 262 g/mol. The summed E-state index contributed by atoms with van der Waals surface area (Å²) in [7, 11) is 2.25. The maximum Gasteiger partial charge on any atom is 0.0369 e. The third-order valence-electron chi connectivity index (χ3n) is 4.65. The van der Waals surface area contributed by atoms with Gasteiger partial charge < -0.3 is 5.73 Å². The molecule has 2 nitrogen and oxygen atoms in total. The van der Waals surface area contributed by atoms with Crippen molar-refractivity contribution in [1.82, 2.24) is 4.90 Å². The lowest BCUT2D eigenvalue weighted by Crippen LogP contribution is -2.56. The van der Waals surface area contributed by atoms with E-state index in [0.717, 1.165) is 12.8 Å². The molecule has 1 atom stereocenters. The van der Waals surface area contributed by atoms with E-state index in [0.29, 0.717) is 12.6 Å². The predicted octanol–water partition coefficient (Wildman–Crippen LogP) is 3.46. The normalized spacial score (nSPS) is 14.9. The molecule has 0 aliphatic carbocycles. The van der Waals surface area contributed by atoms with Gasteiger partial charge in [0.15, 0.2) is 0 Å². The van der Waals surface area contributed by atoms with Gasteiger partial charge in [-0.3, -0.25) is 4.90 Å². The molecule has 1 unspecified atom stereocenters. The van der Waals surface area contributed by atoms with Gasteiger partial charge in [0.05, 0.1) is 0 Å². The van der Waals surface area contributed by atoms with Crippen LogP contribution in [0.25, 0.3) is 0 Å².